The molecule has 0 bridgehead atoms. The molecule has 1 unspecified atom stereocenters. The number of aryl methyl sites for hydroxylation is 1. The zero-order chi connectivity index (χ0) is 13.0. The van der Waals surface area contributed by atoms with Crippen LogP contribution in [0.3, 0.4) is 0 Å². The van der Waals surface area contributed by atoms with Crippen molar-refractivity contribution < 1.29 is 9.53 Å². The number of benzene rings is 1. The Morgan fingerprint density at radius 2 is 2.00 bits per heavy atom. The molecule has 0 spiro atoms. The third-order valence-corrected chi connectivity index (χ3v) is 2.24. The molecule has 1 aromatic rings. The number of nitrogens with one attached hydrogen (secondary N) is 1. The first-order chi connectivity index (χ1) is 7.90. The number of anilines is 1. The summed E-state index contributed by atoms with van der Waals surface area (Å²) >= 11 is 0. The van der Waals surface area contributed by atoms with Crippen LogP contribution in [-0.4, -0.2) is 18.1 Å². The number of hydrogen-bond donors (Lipinski definition) is 2. The third kappa shape index (κ3) is 4.07. The maximum atomic E-state index is 11.5. The van der Waals surface area contributed by atoms with Crippen molar-refractivity contribution in [1.82, 2.24) is 0 Å². The number of rotatable bonds is 4. The van der Waals surface area contributed by atoms with Crippen LogP contribution in [0.5, 0.6) is 5.75 Å². The van der Waals surface area contributed by atoms with E-state index in [-0.39, 0.29) is 12.0 Å². The Morgan fingerprint density at radius 1 is 1.35 bits per heavy atom. The van der Waals surface area contributed by atoms with Gasteiger partial charge in [-0.15, -0.1) is 0 Å². The molecule has 1 atom stereocenters. The van der Waals surface area contributed by atoms with Crippen molar-refractivity contribution in [2.24, 2.45) is 5.73 Å². The Balaban J connectivity index is 2.79. The van der Waals surface area contributed by atoms with Gasteiger partial charge >= 0.3 is 0 Å². The molecule has 4 nitrogen and oxygen atoms in total. The van der Waals surface area contributed by atoms with Gasteiger partial charge in [0.25, 0.3) is 0 Å². The highest BCUT2D eigenvalue weighted by Crippen LogP contribution is 2.22. The topological polar surface area (TPSA) is 64.3 Å². The van der Waals surface area contributed by atoms with E-state index in [0.717, 1.165) is 17.0 Å². The summed E-state index contributed by atoms with van der Waals surface area (Å²) in [4.78, 5) is 11.5. The first-order valence-corrected chi connectivity index (χ1v) is 5.74. The van der Waals surface area contributed by atoms with Gasteiger partial charge in [0, 0.05) is 5.69 Å². The first kappa shape index (κ1) is 13.5. The van der Waals surface area contributed by atoms with Crippen LogP contribution in [0.2, 0.25) is 0 Å². The molecule has 0 aliphatic carbocycles. The number of carbonyl (C=O) groups is 1. The van der Waals surface area contributed by atoms with Crippen LogP contribution in [0.15, 0.2) is 18.2 Å². The van der Waals surface area contributed by atoms with Crippen LogP contribution in [-0.2, 0) is 4.79 Å². The molecule has 3 N–H and O–H groups in total. The molecule has 94 valence electrons. The largest absolute Gasteiger partial charge is 0.491 e. The third-order valence-electron chi connectivity index (χ3n) is 2.24. The molecule has 0 saturated carbocycles. The minimum atomic E-state index is -0.513. The van der Waals surface area contributed by atoms with Crippen LogP contribution in [0.25, 0.3) is 0 Å². The molecule has 4 heteroatoms. The van der Waals surface area contributed by atoms with Gasteiger partial charge in [-0.1, -0.05) is 0 Å². The SMILES string of the molecule is Cc1cc(OC(C)C)ccc1NC(=O)C(C)N. The molecular formula is C13H20N2O2. The van der Waals surface area contributed by atoms with Gasteiger partial charge < -0.3 is 15.8 Å². The van der Waals surface area contributed by atoms with E-state index in [1.165, 1.54) is 0 Å². The van der Waals surface area contributed by atoms with Crippen molar-refractivity contribution in [2.45, 2.75) is 39.8 Å². The maximum absolute atomic E-state index is 11.5. The summed E-state index contributed by atoms with van der Waals surface area (Å²) in [7, 11) is 0. The van der Waals surface area contributed by atoms with Gasteiger partial charge in [-0.05, 0) is 51.5 Å². The minimum Gasteiger partial charge on any atom is -0.491 e. The average molecular weight is 236 g/mol. The molecular weight excluding hydrogens is 216 g/mol. The Hall–Kier alpha value is -1.55. The minimum absolute atomic E-state index is 0.138. The van der Waals surface area contributed by atoms with Crippen molar-refractivity contribution >= 4 is 11.6 Å². The number of amides is 1. The number of carbonyl (C=O) groups excluding carboxylic acids is 1. The highest BCUT2D eigenvalue weighted by atomic mass is 16.5. The van der Waals surface area contributed by atoms with Crippen LogP contribution < -0.4 is 15.8 Å². The second kappa shape index (κ2) is 5.68. The lowest BCUT2D eigenvalue weighted by Crippen LogP contribution is -2.32. The number of ether oxygens (including phenoxy) is 1. The summed E-state index contributed by atoms with van der Waals surface area (Å²) in [5.74, 6) is 0.613. The Morgan fingerprint density at radius 3 is 2.47 bits per heavy atom. The van der Waals surface area contributed by atoms with E-state index in [0.29, 0.717) is 0 Å². The molecule has 1 amide bonds. The lowest BCUT2D eigenvalue weighted by molar-refractivity contribution is -0.117. The molecule has 1 aromatic carbocycles. The molecule has 1 rings (SSSR count). The monoisotopic (exact) mass is 236 g/mol. The first-order valence-electron chi connectivity index (χ1n) is 5.74. The molecule has 0 aromatic heterocycles. The summed E-state index contributed by atoms with van der Waals surface area (Å²) < 4.78 is 5.57. The zero-order valence-corrected chi connectivity index (χ0v) is 10.8. The predicted octanol–water partition coefficient (Wildman–Crippen LogP) is 2.07. The van der Waals surface area contributed by atoms with Gasteiger partial charge in [-0.2, -0.15) is 0 Å². The molecule has 0 fully saturated rings. The van der Waals surface area contributed by atoms with Gasteiger partial charge in [-0.25, -0.2) is 0 Å². The van der Waals surface area contributed by atoms with Gasteiger partial charge in [0.2, 0.25) is 5.91 Å². The Labute approximate surface area is 102 Å². The highest BCUT2D eigenvalue weighted by molar-refractivity contribution is 5.95. The van der Waals surface area contributed by atoms with Crippen LogP contribution in [0.1, 0.15) is 26.3 Å². The van der Waals surface area contributed by atoms with E-state index in [9.17, 15) is 4.79 Å². The lowest BCUT2D eigenvalue weighted by Gasteiger charge is -2.14. The van der Waals surface area contributed by atoms with Gasteiger partial charge in [-0.3, -0.25) is 4.79 Å². The van der Waals surface area contributed by atoms with E-state index < -0.39 is 6.04 Å². The fourth-order valence-electron chi connectivity index (χ4n) is 1.37. The van der Waals surface area contributed by atoms with E-state index in [2.05, 4.69) is 5.32 Å². The predicted molar refractivity (Wildman–Crippen MR) is 69.2 cm³/mol. The average Bonchev–Trinajstić information content (AvgIpc) is 2.20. The summed E-state index contributed by atoms with van der Waals surface area (Å²) in [6.45, 7) is 7.52. The van der Waals surface area contributed by atoms with Gasteiger partial charge in [0.1, 0.15) is 5.75 Å². The van der Waals surface area contributed by atoms with E-state index in [4.69, 9.17) is 10.5 Å². The fourth-order valence-corrected chi connectivity index (χ4v) is 1.37. The number of hydrogen-bond acceptors (Lipinski definition) is 3. The second-order valence-electron chi connectivity index (χ2n) is 4.42. The quantitative estimate of drug-likeness (QED) is 0.841. The van der Waals surface area contributed by atoms with Gasteiger partial charge in [0.05, 0.1) is 12.1 Å². The van der Waals surface area contributed by atoms with Crippen LogP contribution >= 0.6 is 0 Å². The fraction of sp³-hybridized carbons (Fsp3) is 0.462. The Kier molecular flexibility index (Phi) is 4.52. The van der Waals surface area contributed by atoms with Crippen molar-refractivity contribution in [2.75, 3.05) is 5.32 Å². The second-order valence-corrected chi connectivity index (χ2v) is 4.42. The highest BCUT2D eigenvalue weighted by Gasteiger charge is 2.09. The van der Waals surface area contributed by atoms with Gasteiger partial charge in [0.15, 0.2) is 0 Å². The molecule has 17 heavy (non-hydrogen) atoms. The summed E-state index contributed by atoms with van der Waals surface area (Å²) in [5, 5.41) is 2.77. The van der Waals surface area contributed by atoms with Crippen molar-refractivity contribution in [3.8, 4) is 5.75 Å². The number of nitrogens with two attached hydrogens (primary N) is 1. The van der Waals surface area contributed by atoms with E-state index >= 15 is 0 Å². The van der Waals surface area contributed by atoms with Crippen molar-refractivity contribution in [3.63, 3.8) is 0 Å². The van der Waals surface area contributed by atoms with Crippen molar-refractivity contribution in [1.29, 1.82) is 0 Å². The molecule has 0 aliphatic rings. The molecule has 0 radical (unpaired) electrons. The summed E-state index contributed by atoms with van der Waals surface area (Å²) in [6.07, 6.45) is 0.138. The van der Waals surface area contributed by atoms with Crippen LogP contribution in [0, 0.1) is 6.92 Å². The van der Waals surface area contributed by atoms with Crippen LogP contribution in [0.4, 0.5) is 5.69 Å². The Bertz CT molecular complexity index is 400. The normalized spacial score (nSPS) is 12.4. The molecule has 0 heterocycles. The molecule has 0 saturated heterocycles. The summed E-state index contributed by atoms with van der Waals surface area (Å²) in [6, 6.07) is 5.05. The standard InChI is InChI=1S/C13H20N2O2/c1-8(2)17-11-5-6-12(9(3)7-11)15-13(16)10(4)14/h5-8,10H,14H2,1-4H3,(H,15,16). The maximum Gasteiger partial charge on any atom is 0.241 e. The van der Waals surface area contributed by atoms with E-state index in [1.54, 1.807) is 6.92 Å². The smallest absolute Gasteiger partial charge is 0.241 e. The van der Waals surface area contributed by atoms with Crippen molar-refractivity contribution in [3.05, 3.63) is 23.8 Å². The summed E-state index contributed by atoms with van der Waals surface area (Å²) in [5.41, 5.74) is 7.22. The van der Waals surface area contributed by atoms with E-state index in [1.807, 2.05) is 39.0 Å². The zero-order valence-electron chi connectivity index (χ0n) is 10.8. The lowest BCUT2D eigenvalue weighted by atomic mass is 10.2. The molecule has 0 aliphatic heterocycles.